The van der Waals surface area contributed by atoms with Gasteiger partial charge in [-0.2, -0.15) is 0 Å². The van der Waals surface area contributed by atoms with Gasteiger partial charge >= 0.3 is 11.9 Å². The summed E-state index contributed by atoms with van der Waals surface area (Å²) in [5.41, 5.74) is 3.08. The van der Waals surface area contributed by atoms with Crippen LogP contribution in [0.1, 0.15) is 33.4 Å². The SMILES string of the molecule is COC(=O)c1ccc(C(NCCc2ccccn2)C(CNCCc2ccccn2)C(=O)O)cc1. The number of pyridine rings is 2. The molecule has 0 aliphatic heterocycles. The molecule has 2 unspecified atom stereocenters. The Labute approximate surface area is 199 Å². The van der Waals surface area contributed by atoms with Crippen LogP contribution in [0.2, 0.25) is 0 Å². The molecule has 0 radical (unpaired) electrons. The van der Waals surface area contributed by atoms with Gasteiger partial charge in [-0.1, -0.05) is 24.3 Å². The molecule has 0 saturated carbocycles. The van der Waals surface area contributed by atoms with Crippen LogP contribution in [0.3, 0.4) is 0 Å². The molecule has 34 heavy (non-hydrogen) atoms. The van der Waals surface area contributed by atoms with Crippen molar-refractivity contribution in [2.45, 2.75) is 18.9 Å². The van der Waals surface area contributed by atoms with Gasteiger partial charge in [-0.25, -0.2) is 4.79 Å². The second-order valence-electron chi connectivity index (χ2n) is 7.84. The molecule has 0 bridgehead atoms. The van der Waals surface area contributed by atoms with Crippen LogP contribution in [-0.2, 0) is 22.4 Å². The van der Waals surface area contributed by atoms with E-state index < -0.39 is 23.9 Å². The lowest BCUT2D eigenvalue weighted by Crippen LogP contribution is -2.40. The van der Waals surface area contributed by atoms with Crippen molar-refractivity contribution >= 4 is 11.9 Å². The van der Waals surface area contributed by atoms with Crippen LogP contribution < -0.4 is 10.6 Å². The van der Waals surface area contributed by atoms with Crippen molar-refractivity contribution in [3.05, 3.63) is 95.6 Å². The third-order valence-corrected chi connectivity index (χ3v) is 5.53. The first kappa shape index (κ1) is 25.0. The molecule has 2 atom stereocenters. The number of carboxylic acid groups (broad SMARTS) is 1. The second kappa shape index (κ2) is 13.2. The molecule has 2 aromatic heterocycles. The molecule has 0 aliphatic rings. The number of nitrogens with one attached hydrogen (secondary N) is 2. The highest BCUT2D eigenvalue weighted by Crippen LogP contribution is 2.23. The highest BCUT2D eigenvalue weighted by molar-refractivity contribution is 5.89. The minimum Gasteiger partial charge on any atom is -0.481 e. The molecule has 3 rings (SSSR count). The van der Waals surface area contributed by atoms with Gasteiger partial charge < -0.3 is 20.5 Å². The minimum absolute atomic E-state index is 0.280. The number of rotatable bonds is 13. The summed E-state index contributed by atoms with van der Waals surface area (Å²) in [6, 6.07) is 17.9. The Kier molecular flexibility index (Phi) is 9.69. The Hall–Kier alpha value is -3.62. The molecule has 3 aromatic rings. The van der Waals surface area contributed by atoms with Gasteiger partial charge in [0.25, 0.3) is 0 Å². The Morgan fingerprint density at radius 1 is 0.912 bits per heavy atom. The third kappa shape index (κ3) is 7.47. The Morgan fingerprint density at radius 2 is 1.53 bits per heavy atom. The fraction of sp³-hybridized carbons (Fsp3) is 0.308. The zero-order valence-corrected chi connectivity index (χ0v) is 19.2. The van der Waals surface area contributed by atoms with E-state index in [9.17, 15) is 14.7 Å². The first-order valence-electron chi connectivity index (χ1n) is 11.2. The van der Waals surface area contributed by atoms with Crippen molar-refractivity contribution in [3.8, 4) is 0 Å². The van der Waals surface area contributed by atoms with E-state index in [1.54, 1.807) is 36.7 Å². The third-order valence-electron chi connectivity index (χ3n) is 5.53. The van der Waals surface area contributed by atoms with E-state index in [-0.39, 0.29) is 6.54 Å². The summed E-state index contributed by atoms with van der Waals surface area (Å²) < 4.78 is 4.77. The molecule has 3 N–H and O–H groups in total. The van der Waals surface area contributed by atoms with E-state index in [0.717, 1.165) is 17.0 Å². The molecular formula is C26H30N4O4. The van der Waals surface area contributed by atoms with E-state index >= 15 is 0 Å². The van der Waals surface area contributed by atoms with Gasteiger partial charge in [0.15, 0.2) is 0 Å². The summed E-state index contributed by atoms with van der Waals surface area (Å²) >= 11 is 0. The number of hydrogen-bond acceptors (Lipinski definition) is 7. The summed E-state index contributed by atoms with van der Waals surface area (Å²) in [6.07, 6.45) is 4.86. The zero-order valence-electron chi connectivity index (χ0n) is 19.2. The van der Waals surface area contributed by atoms with E-state index in [4.69, 9.17) is 4.74 Å². The maximum absolute atomic E-state index is 12.3. The number of methoxy groups -OCH3 is 1. The number of nitrogens with zero attached hydrogens (tertiary/aromatic N) is 2. The van der Waals surface area contributed by atoms with Crippen LogP contribution in [0.25, 0.3) is 0 Å². The summed E-state index contributed by atoms with van der Waals surface area (Å²) in [5.74, 6) is -2.06. The van der Waals surface area contributed by atoms with Crippen molar-refractivity contribution in [1.29, 1.82) is 0 Å². The molecular weight excluding hydrogens is 432 g/mol. The van der Waals surface area contributed by atoms with Crippen molar-refractivity contribution in [1.82, 2.24) is 20.6 Å². The minimum atomic E-state index is -0.905. The lowest BCUT2D eigenvalue weighted by Gasteiger charge is -2.26. The van der Waals surface area contributed by atoms with Crippen molar-refractivity contribution < 1.29 is 19.4 Å². The van der Waals surface area contributed by atoms with Crippen LogP contribution in [0.15, 0.2) is 73.1 Å². The van der Waals surface area contributed by atoms with Crippen LogP contribution in [0, 0.1) is 5.92 Å². The normalized spacial score (nSPS) is 12.6. The van der Waals surface area contributed by atoms with Gasteiger partial charge in [0, 0.05) is 62.3 Å². The average molecular weight is 463 g/mol. The van der Waals surface area contributed by atoms with E-state index in [2.05, 4.69) is 20.6 Å². The number of carbonyl (C=O) groups is 2. The van der Waals surface area contributed by atoms with Crippen LogP contribution in [-0.4, -0.2) is 53.8 Å². The molecule has 0 saturated heterocycles. The summed E-state index contributed by atoms with van der Waals surface area (Å²) in [5, 5.41) is 16.7. The first-order chi connectivity index (χ1) is 16.6. The fourth-order valence-corrected chi connectivity index (χ4v) is 3.71. The standard InChI is InChI=1S/C26H30N4O4/c1-34-26(33)20-10-8-19(9-11-20)24(30-17-13-22-7-3-5-15-29-22)23(25(31)32)18-27-16-12-21-6-2-4-14-28-21/h2-11,14-15,23-24,27,30H,12-13,16-18H2,1H3,(H,31,32). The van der Waals surface area contributed by atoms with E-state index in [1.807, 2.05) is 36.4 Å². The summed E-state index contributed by atoms with van der Waals surface area (Å²) in [7, 11) is 1.33. The Bertz CT molecular complexity index is 1030. The Balaban J connectivity index is 1.70. The lowest BCUT2D eigenvalue weighted by atomic mass is 9.91. The average Bonchev–Trinajstić information content (AvgIpc) is 2.88. The second-order valence-corrected chi connectivity index (χ2v) is 7.84. The molecule has 0 aliphatic carbocycles. The highest BCUT2D eigenvalue weighted by Gasteiger charge is 2.29. The molecule has 0 amide bonds. The van der Waals surface area contributed by atoms with Gasteiger partial charge in [-0.15, -0.1) is 0 Å². The number of hydrogen-bond donors (Lipinski definition) is 3. The molecule has 0 fully saturated rings. The number of ether oxygens (including phenoxy) is 1. The zero-order chi connectivity index (χ0) is 24.2. The first-order valence-corrected chi connectivity index (χ1v) is 11.2. The topological polar surface area (TPSA) is 113 Å². The Morgan fingerprint density at radius 3 is 2.06 bits per heavy atom. The van der Waals surface area contributed by atoms with E-state index in [1.165, 1.54) is 7.11 Å². The molecule has 8 nitrogen and oxygen atoms in total. The fourth-order valence-electron chi connectivity index (χ4n) is 3.71. The molecule has 8 heteroatoms. The predicted molar refractivity (Wildman–Crippen MR) is 128 cm³/mol. The maximum Gasteiger partial charge on any atom is 0.337 e. The number of aliphatic carboxylic acids is 1. The number of benzene rings is 1. The van der Waals surface area contributed by atoms with Gasteiger partial charge in [0.2, 0.25) is 0 Å². The number of carboxylic acids is 1. The maximum atomic E-state index is 12.3. The van der Waals surface area contributed by atoms with Gasteiger partial charge in [-0.3, -0.25) is 14.8 Å². The number of carbonyl (C=O) groups excluding carboxylic acids is 1. The molecule has 178 valence electrons. The number of aromatic nitrogens is 2. The largest absolute Gasteiger partial charge is 0.481 e. The monoisotopic (exact) mass is 462 g/mol. The summed E-state index contributed by atoms with van der Waals surface area (Å²) in [6.45, 7) is 1.45. The van der Waals surface area contributed by atoms with Crippen molar-refractivity contribution in [2.75, 3.05) is 26.7 Å². The van der Waals surface area contributed by atoms with Gasteiger partial charge in [-0.05, 0) is 42.0 Å². The lowest BCUT2D eigenvalue weighted by molar-refractivity contribution is -0.142. The smallest absolute Gasteiger partial charge is 0.337 e. The van der Waals surface area contributed by atoms with Gasteiger partial charge in [0.05, 0.1) is 18.6 Å². The molecule has 1 aromatic carbocycles. The van der Waals surface area contributed by atoms with Crippen LogP contribution in [0.4, 0.5) is 0 Å². The highest BCUT2D eigenvalue weighted by atomic mass is 16.5. The summed E-state index contributed by atoms with van der Waals surface area (Å²) in [4.78, 5) is 32.7. The quantitative estimate of drug-likeness (QED) is 0.262. The van der Waals surface area contributed by atoms with Crippen LogP contribution >= 0.6 is 0 Å². The van der Waals surface area contributed by atoms with Gasteiger partial charge in [0.1, 0.15) is 0 Å². The van der Waals surface area contributed by atoms with Crippen LogP contribution in [0.5, 0.6) is 0 Å². The van der Waals surface area contributed by atoms with Crippen molar-refractivity contribution in [3.63, 3.8) is 0 Å². The molecule has 0 spiro atoms. The van der Waals surface area contributed by atoms with Crippen molar-refractivity contribution in [2.24, 2.45) is 5.92 Å². The van der Waals surface area contributed by atoms with E-state index in [0.29, 0.717) is 31.5 Å². The number of esters is 1. The predicted octanol–water partition coefficient (Wildman–Crippen LogP) is 2.67. The molecule has 2 heterocycles.